The number of rotatable bonds is 4. The fourth-order valence-electron chi connectivity index (χ4n) is 1.40. The van der Waals surface area contributed by atoms with Crippen LogP contribution in [-0.2, 0) is 9.53 Å². The molecule has 4 nitrogen and oxygen atoms in total. The summed E-state index contributed by atoms with van der Waals surface area (Å²) in [6.45, 7) is 1.63. The van der Waals surface area contributed by atoms with Gasteiger partial charge in [-0.1, -0.05) is 12.1 Å². The standard InChI is InChI=1S/C12H16O4/c1-8(12(14)16-3)11(13)9-4-6-10(15-2)7-5-9/h4-8,11,13H,1-3H3/t8-,11+/m0/s1. The molecule has 0 amide bonds. The van der Waals surface area contributed by atoms with Gasteiger partial charge in [0.1, 0.15) is 5.75 Å². The maximum atomic E-state index is 11.2. The van der Waals surface area contributed by atoms with E-state index in [0.29, 0.717) is 11.3 Å². The minimum atomic E-state index is -0.863. The summed E-state index contributed by atoms with van der Waals surface area (Å²) in [5.74, 6) is -0.302. The SMILES string of the molecule is COC(=O)[C@@H](C)[C@@H](O)c1ccc(OC)cc1. The highest BCUT2D eigenvalue weighted by Crippen LogP contribution is 2.24. The number of carbonyl (C=O) groups is 1. The molecule has 1 rings (SSSR count). The van der Waals surface area contributed by atoms with E-state index in [2.05, 4.69) is 4.74 Å². The van der Waals surface area contributed by atoms with E-state index in [1.165, 1.54) is 7.11 Å². The summed E-state index contributed by atoms with van der Waals surface area (Å²) in [7, 11) is 2.88. The van der Waals surface area contributed by atoms with Crippen molar-refractivity contribution >= 4 is 5.97 Å². The number of aliphatic hydroxyl groups is 1. The lowest BCUT2D eigenvalue weighted by molar-refractivity contribution is -0.148. The summed E-state index contributed by atoms with van der Waals surface area (Å²) < 4.78 is 9.58. The highest BCUT2D eigenvalue weighted by molar-refractivity contribution is 5.72. The average molecular weight is 224 g/mol. The van der Waals surface area contributed by atoms with Crippen LogP contribution in [0.1, 0.15) is 18.6 Å². The van der Waals surface area contributed by atoms with Crippen molar-refractivity contribution in [2.75, 3.05) is 14.2 Å². The number of ether oxygens (including phenoxy) is 2. The first-order chi connectivity index (χ1) is 7.60. The van der Waals surface area contributed by atoms with Crippen molar-refractivity contribution < 1.29 is 19.4 Å². The average Bonchev–Trinajstić information content (AvgIpc) is 2.36. The van der Waals surface area contributed by atoms with Crippen molar-refractivity contribution in [3.05, 3.63) is 29.8 Å². The molecule has 0 aliphatic heterocycles. The number of carbonyl (C=O) groups excluding carboxylic acids is 1. The van der Waals surface area contributed by atoms with Gasteiger partial charge < -0.3 is 14.6 Å². The van der Waals surface area contributed by atoms with Crippen LogP contribution in [0, 0.1) is 5.92 Å². The van der Waals surface area contributed by atoms with Crippen LogP contribution >= 0.6 is 0 Å². The molecule has 0 saturated heterocycles. The lowest BCUT2D eigenvalue weighted by Gasteiger charge is -2.17. The number of hydrogen-bond acceptors (Lipinski definition) is 4. The molecule has 88 valence electrons. The molecule has 4 heteroatoms. The Hall–Kier alpha value is -1.55. The molecule has 0 bridgehead atoms. The first-order valence-electron chi connectivity index (χ1n) is 5.00. The molecule has 2 atom stereocenters. The molecule has 0 aliphatic carbocycles. The van der Waals surface area contributed by atoms with Crippen LogP contribution < -0.4 is 4.74 Å². The molecular weight excluding hydrogens is 208 g/mol. The fraction of sp³-hybridized carbons (Fsp3) is 0.417. The van der Waals surface area contributed by atoms with Gasteiger partial charge in [0.05, 0.1) is 26.2 Å². The van der Waals surface area contributed by atoms with Gasteiger partial charge in [0.2, 0.25) is 0 Å². The zero-order valence-corrected chi connectivity index (χ0v) is 9.64. The smallest absolute Gasteiger partial charge is 0.311 e. The van der Waals surface area contributed by atoms with Gasteiger partial charge in [0, 0.05) is 0 Å². The van der Waals surface area contributed by atoms with Crippen molar-refractivity contribution in [3.63, 3.8) is 0 Å². The Morgan fingerprint density at radius 2 is 1.81 bits per heavy atom. The maximum Gasteiger partial charge on any atom is 0.311 e. The molecule has 1 aromatic rings. The molecule has 0 unspecified atom stereocenters. The van der Waals surface area contributed by atoms with Gasteiger partial charge in [-0.05, 0) is 24.6 Å². The third kappa shape index (κ3) is 2.73. The molecule has 0 aromatic heterocycles. The second kappa shape index (κ2) is 5.51. The minimum absolute atomic E-state index is 0.427. The maximum absolute atomic E-state index is 11.2. The minimum Gasteiger partial charge on any atom is -0.497 e. The Labute approximate surface area is 94.8 Å². The predicted octanol–water partition coefficient (Wildman–Crippen LogP) is 1.54. The van der Waals surface area contributed by atoms with E-state index in [1.54, 1.807) is 38.3 Å². The fourth-order valence-corrected chi connectivity index (χ4v) is 1.40. The van der Waals surface area contributed by atoms with E-state index in [9.17, 15) is 9.90 Å². The largest absolute Gasteiger partial charge is 0.497 e. The van der Waals surface area contributed by atoms with Crippen LogP contribution in [0.3, 0.4) is 0 Å². The summed E-state index contributed by atoms with van der Waals surface area (Å²) >= 11 is 0. The highest BCUT2D eigenvalue weighted by Gasteiger charge is 2.23. The highest BCUT2D eigenvalue weighted by atomic mass is 16.5. The second-order valence-corrected chi connectivity index (χ2v) is 3.53. The van der Waals surface area contributed by atoms with Crippen LogP contribution in [0.2, 0.25) is 0 Å². The van der Waals surface area contributed by atoms with Gasteiger partial charge in [-0.25, -0.2) is 0 Å². The van der Waals surface area contributed by atoms with Gasteiger partial charge >= 0.3 is 5.97 Å². The van der Waals surface area contributed by atoms with Crippen molar-refractivity contribution in [1.82, 2.24) is 0 Å². The summed E-state index contributed by atoms with van der Waals surface area (Å²) in [5, 5.41) is 9.91. The second-order valence-electron chi connectivity index (χ2n) is 3.53. The zero-order valence-electron chi connectivity index (χ0n) is 9.64. The topological polar surface area (TPSA) is 55.8 Å². The van der Waals surface area contributed by atoms with Crippen LogP contribution in [-0.4, -0.2) is 25.3 Å². The lowest BCUT2D eigenvalue weighted by Crippen LogP contribution is -2.20. The monoisotopic (exact) mass is 224 g/mol. The van der Waals surface area contributed by atoms with Gasteiger partial charge in [-0.15, -0.1) is 0 Å². The summed E-state index contributed by atoms with van der Waals surface area (Å²) in [6, 6.07) is 6.93. The lowest BCUT2D eigenvalue weighted by atomic mass is 9.97. The summed E-state index contributed by atoms with van der Waals surface area (Å²) in [6.07, 6.45) is -0.863. The third-order valence-corrected chi connectivity index (χ3v) is 2.50. The van der Waals surface area contributed by atoms with E-state index in [1.807, 2.05) is 0 Å². The van der Waals surface area contributed by atoms with Crippen molar-refractivity contribution in [3.8, 4) is 5.75 Å². The summed E-state index contributed by atoms with van der Waals surface area (Å²) in [4.78, 5) is 11.2. The van der Waals surface area contributed by atoms with Crippen LogP contribution in [0.15, 0.2) is 24.3 Å². The quantitative estimate of drug-likeness (QED) is 0.788. The van der Waals surface area contributed by atoms with Gasteiger partial charge in [0.25, 0.3) is 0 Å². The molecule has 1 aromatic carbocycles. The molecule has 0 aliphatic rings. The third-order valence-electron chi connectivity index (χ3n) is 2.50. The van der Waals surface area contributed by atoms with Crippen molar-refractivity contribution in [2.45, 2.75) is 13.0 Å². The first kappa shape index (κ1) is 12.5. The van der Waals surface area contributed by atoms with E-state index in [-0.39, 0.29) is 0 Å². The first-order valence-corrected chi connectivity index (χ1v) is 5.00. The van der Waals surface area contributed by atoms with Gasteiger partial charge in [-0.3, -0.25) is 4.79 Å². The normalized spacial score (nSPS) is 14.0. The molecule has 0 radical (unpaired) electrons. The number of benzene rings is 1. The molecule has 0 spiro atoms. The molecule has 16 heavy (non-hydrogen) atoms. The summed E-state index contributed by atoms with van der Waals surface area (Å²) in [5.41, 5.74) is 0.665. The number of aliphatic hydroxyl groups excluding tert-OH is 1. The van der Waals surface area contributed by atoms with Gasteiger partial charge in [-0.2, -0.15) is 0 Å². The van der Waals surface area contributed by atoms with Crippen molar-refractivity contribution in [2.24, 2.45) is 5.92 Å². The number of esters is 1. The van der Waals surface area contributed by atoms with E-state index < -0.39 is 18.0 Å². The Bertz CT molecular complexity index is 345. The van der Waals surface area contributed by atoms with Gasteiger partial charge in [0.15, 0.2) is 0 Å². The Morgan fingerprint density at radius 1 is 1.25 bits per heavy atom. The molecular formula is C12H16O4. The predicted molar refractivity (Wildman–Crippen MR) is 59.1 cm³/mol. The Morgan fingerprint density at radius 3 is 2.25 bits per heavy atom. The van der Waals surface area contributed by atoms with E-state index in [0.717, 1.165) is 0 Å². The number of methoxy groups -OCH3 is 2. The van der Waals surface area contributed by atoms with Crippen LogP contribution in [0.4, 0.5) is 0 Å². The number of hydrogen-bond donors (Lipinski definition) is 1. The Kier molecular flexibility index (Phi) is 4.31. The molecule has 0 saturated carbocycles. The van der Waals surface area contributed by atoms with E-state index >= 15 is 0 Å². The Balaban J connectivity index is 2.79. The van der Waals surface area contributed by atoms with Crippen molar-refractivity contribution in [1.29, 1.82) is 0 Å². The van der Waals surface area contributed by atoms with E-state index in [4.69, 9.17) is 4.74 Å². The molecule has 1 N–H and O–H groups in total. The molecule has 0 heterocycles. The zero-order chi connectivity index (χ0) is 12.1. The van der Waals surface area contributed by atoms with Crippen LogP contribution in [0.5, 0.6) is 5.75 Å². The van der Waals surface area contributed by atoms with Crippen LogP contribution in [0.25, 0.3) is 0 Å². The molecule has 0 fully saturated rings.